The van der Waals surface area contributed by atoms with Crippen molar-refractivity contribution in [2.45, 2.75) is 38.5 Å². The van der Waals surface area contributed by atoms with Gasteiger partial charge in [0.1, 0.15) is 0 Å². The van der Waals surface area contributed by atoms with Crippen LogP contribution in [0.5, 0.6) is 0 Å². The number of azo groups is 1. The highest BCUT2D eigenvalue weighted by Gasteiger charge is 2.54. The van der Waals surface area contributed by atoms with Gasteiger partial charge in [0.15, 0.2) is 0 Å². The smallest absolute Gasteiger partial charge is 0.265 e. The average Bonchev–Trinajstić information content (AvgIpc) is 2.62. The second-order valence-corrected chi connectivity index (χ2v) is 6.26. The number of rotatable bonds is 1. The summed E-state index contributed by atoms with van der Waals surface area (Å²) >= 11 is 0. The fourth-order valence-electron chi connectivity index (χ4n) is 5.05. The highest BCUT2D eigenvalue weighted by atomic mass is 16.2. The number of amides is 1. The lowest BCUT2D eigenvalue weighted by Crippen LogP contribution is -2.47. The molecule has 0 N–H and O–H groups in total. The van der Waals surface area contributed by atoms with Crippen molar-refractivity contribution in [2.24, 2.45) is 33.4 Å². The van der Waals surface area contributed by atoms with Crippen LogP contribution >= 0.6 is 0 Å². The molecule has 3 nitrogen and oxygen atoms in total. The van der Waals surface area contributed by atoms with E-state index >= 15 is 0 Å². The van der Waals surface area contributed by atoms with Gasteiger partial charge in [0, 0.05) is 11.0 Å². The standard InChI is InChI=1S/C13H16N2O/c16-12-11(7-14-15-12)13-4-8-1-9(5-13)3-10(2-8)6-13/h7-10H,1-6H2. The van der Waals surface area contributed by atoms with Crippen molar-refractivity contribution in [3.05, 3.63) is 11.8 Å². The van der Waals surface area contributed by atoms with Gasteiger partial charge in [0.25, 0.3) is 5.91 Å². The summed E-state index contributed by atoms with van der Waals surface area (Å²) in [4.78, 5) is 11.8. The number of carbonyl (C=O) groups is 1. The van der Waals surface area contributed by atoms with Crippen LogP contribution in [0, 0.1) is 23.2 Å². The molecule has 5 aliphatic rings. The zero-order chi connectivity index (χ0) is 10.8. The molecule has 1 heterocycles. The summed E-state index contributed by atoms with van der Waals surface area (Å²) in [7, 11) is 0. The molecule has 4 bridgehead atoms. The molecular weight excluding hydrogens is 200 g/mol. The molecule has 1 aliphatic heterocycles. The Balaban J connectivity index is 1.74. The second kappa shape index (κ2) is 2.82. The Morgan fingerprint density at radius 2 is 1.62 bits per heavy atom. The van der Waals surface area contributed by atoms with Crippen LogP contribution in [0.3, 0.4) is 0 Å². The molecule has 0 aromatic heterocycles. The van der Waals surface area contributed by atoms with Gasteiger partial charge in [0.2, 0.25) is 0 Å². The van der Waals surface area contributed by atoms with E-state index in [-0.39, 0.29) is 11.3 Å². The van der Waals surface area contributed by atoms with Gasteiger partial charge < -0.3 is 0 Å². The maximum absolute atomic E-state index is 11.8. The van der Waals surface area contributed by atoms with E-state index in [9.17, 15) is 4.79 Å². The minimum absolute atomic E-state index is 0.0537. The lowest BCUT2D eigenvalue weighted by atomic mass is 9.48. The average molecular weight is 216 g/mol. The first-order valence-electron chi connectivity index (χ1n) is 6.41. The Morgan fingerprint density at radius 3 is 2.06 bits per heavy atom. The Morgan fingerprint density at radius 1 is 1.06 bits per heavy atom. The first-order valence-corrected chi connectivity index (χ1v) is 6.41. The van der Waals surface area contributed by atoms with Crippen molar-refractivity contribution >= 4 is 5.91 Å². The van der Waals surface area contributed by atoms with Gasteiger partial charge in [-0.1, -0.05) is 0 Å². The zero-order valence-electron chi connectivity index (χ0n) is 9.35. The summed E-state index contributed by atoms with van der Waals surface area (Å²) in [5.41, 5.74) is 1.11. The topological polar surface area (TPSA) is 41.8 Å². The van der Waals surface area contributed by atoms with Crippen molar-refractivity contribution in [3.8, 4) is 0 Å². The Kier molecular flexibility index (Phi) is 1.60. The minimum Gasteiger partial charge on any atom is -0.265 e. The summed E-state index contributed by atoms with van der Waals surface area (Å²) < 4.78 is 0. The van der Waals surface area contributed by atoms with Gasteiger partial charge in [-0.25, -0.2) is 0 Å². The molecule has 0 saturated heterocycles. The van der Waals surface area contributed by atoms with E-state index in [0.29, 0.717) is 0 Å². The maximum atomic E-state index is 11.8. The molecule has 4 fully saturated rings. The molecule has 0 aromatic carbocycles. The first kappa shape index (κ1) is 9.08. The third kappa shape index (κ3) is 1.06. The summed E-state index contributed by atoms with van der Waals surface area (Å²) in [5.74, 6) is 2.57. The molecule has 16 heavy (non-hydrogen) atoms. The van der Waals surface area contributed by atoms with Gasteiger partial charge in [-0.2, -0.15) is 5.11 Å². The third-order valence-electron chi connectivity index (χ3n) is 5.18. The molecule has 0 aromatic rings. The van der Waals surface area contributed by atoms with E-state index in [4.69, 9.17) is 0 Å². The Labute approximate surface area is 95.0 Å². The molecular formula is C13H16N2O. The van der Waals surface area contributed by atoms with Crippen LogP contribution < -0.4 is 0 Å². The fourth-order valence-corrected chi connectivity index (χ4v) is 5.05. The predicted molar refractivity (Wildman–Crippen MR) is 58.6 cm³/mol. The van der Waals surface area contributed by atoms with Crippen molar-refractivity contribution in [1.29, 1.82) is 0 Å². The number of nitrogens with zero attached hydrogens (tertiary/aromatic N) is 2. The van der Waals surface area contributed by atoms with Crippen LogP contribution in [-0.4, -0.2) is 5.91 Å². The van der Waals surface area contributed by atoms with E-state index < -0.39 is 0 Å². The van der Waals surface area contributed by atoms with Gasteiger partial charge >= 0.3 is 0 Å². The molecule has 1 amide bonds. The maximum Gasteiger partial charge on any atom is 0.293 e. The van der Waals surface area contributed by atoms with E-state index in [1.165, 1.54) is 38.5 Å². The largest absolute Gasteiger partial charge is 0.293 e. The molecule has 3 heteroatoms. The van der Waals surface area contributed by atoms with Crippen molar-refractivity contribution in [1.82, 2.24) is 0 Å². The predicted octanol–water partition coefficient (Wildman–Crippen LogP) is 3.08. The molecule has 0 unspecified atom stereocenters. The minimum atomic E-state index is -0.0537. The number of hydrogen-bond donors (Lipinski definition) is 0. The van der Waals surface area contributed by atoms with Gasteiger partial charge in [0.05, 0.1) is 6.20 Å². The van der Waals surface area contributed by atoms with E-state index in [0.717, 1.165) is 23.3 Å². The first-order chi connectivity index (χ1) is 7.75. The Hall–Kier alpha value is -0.990. The van der Waals surface area contributed by atoms with Gasteiger partial charge in [-0.15, -0.1) is 5.11 Å². The number of hydrogen-bond acceptors (Lipinski definition) is 2. The zero-order valence-corrected chi connectivity index (χ0v) is 9.35. The molecule has 84 valence electrons. The third-order valence-corrected chi connectivity index (χ3v) is 5.18. The van der Waals surface area contributed by atoms with Crippen molar-refractivity contribution < 1.29 is 4.79 Å². The molecule has 0 spiro atoms. The van der Waals surface area contributed by atoms with Gasteiger partial charge in [-0.05, 0) is 56.3 Å². The van der Waals surface area contributed by atoms with Gasteiger partial charge in [-0.3, -0.25) is 4.79 Å². The van der Waals surface area contributed by atoms with Crippen molar-refractivity contribution in [3.63, 3.8) is 0 Å². The van der Waals surface area contributed by atoms with Crippen LogP contribution in [0.1, 0.15) is 38.5 Å². The quantitative estimate of drug-likeness (QED) is 0.664. The van der Waals surface area contributed by atoms with Crippen molar-refractivity contribution in [2.75, 3.05) is 0 Å². The molecule has 0 radical (unpaired) electrons. The van der Waals surface area contributed by atoms with Crippen LogP contribution in [0.4, 0.5) is 0 Å². The monoisotopic (exact) mass is 216 g/mol. The Bertz CT molecular complexity index is 386. The fraction of sp³-hybridized carbons (Fsp3) is 0.769. The highest BCUT2D eigenvalue weighted by molar-refractivity contribution is 5.96. The molecule has 5 rings (SSSR count). The second-order valence-electron chi connectivity index (χ2n) is 6.26. The lowest BCUT2D eigenvalue weighted by Gasteiger charge is -2.56. The van der Waals surface area contributed by atoms with Crippen LogP contribution in [0.2, 0.25) is 0 Å². The van der Waals surface area contributed by atoms with E-state index in [1.807, 2.05) is 0 Å². The summed E-state index contributed by atoms with van der Waals surface area (Å²) in [6.07, 6.45) is 9.65. The highest BCUT2D eigenvalue weighted by Crippen LogP contribution is 2.63. The van der Waals surface area contributed by atoms with Crippen LogP contribution in [0.15, 0.2) is 22.0 Å². The summed E-state index contributed by atoms with van der Waals surface area (Å²) in [6.45, 7) is 0. The van der Waals surface area contributed by atoms with E-state index in [1.54, 1.807) is 6.20 Å². The van der Waals surface area contributed by atoms with Crippen LogP contribution in [-0.2, 0) is 4.79 Å². The van der Waals surface area contributed by atoms with E-state index in [2.05, 4.69) is 10.2 Å². The lowest BCUT2D eigenvalue weighted by molar-refractivity contribution is -0.117. The molecule has 4 saturated carbocycles. The summed E-state index contributed by atoms with van der Waals surface area (Å²) in [5, 5.41) is 7.48. The molecule has 0 atom stereocenters. The SMILES string of the molecule is O=C1N=NC=C1C12CC3CC(CC(C3)C1)C2. The number of carbonyl (C=O) groups excluding carboxylic acids is 1. The van der Waals surface area contributed by atoms with Crippen LogP contribution in [0.25, 0.3) is 0 Å². The summed E-state index contributed by atoms with van der Waals surface area (Å²) in [6, 6.07) is 0. The normalized spacial score (nSPS) is 48.9. The molecule has 4 aliphatic carbocycles.